The van der Waals surface area contributed by atoms with Crippen molar-refractivity contribution in [1.82, 2.24) is 25.9 Å². The number of imidazole rings is 1. The number of carbonyl (C=O) groups is 5. The zero-order valence-electron chi connectivity index (χ0n) is 24.9. The van der Waals surface area contributed by atoms with Crippen molar-refractivity contribution in [3.05, 3.63) is 90.0 Å². The molecule has 0 saturated carbocycles. The van der Waals surface area contributed by atoms with Gasteiger partial charge in [0.15, 0.2) is 0 Å². The normalized spacial score (nSPS) is 13.1. The van der Waals surface area contributed by atoms with Crippen molar-refractivity contribution >= 4 is 29.8 Å². The van der Waals surface area contributed by atoms with Gasteiger partial charge in [0.05, 0.1) is 12.7 Å². The van der Waals surface area contributed by atoms with E-state index in [0.29, 0.717) is 5.69 Å². The van der Waals surface area contributed by atoms with Gasteiger partial charge in [-0.3, -0.25) is 14.4 Å². The van der Waals surface area contributed by atoms with Crippen LogP contribution in [0.5, 0.6) is 0 Å². The summed E-state index contributed by atoms with van der Waals surface area (Å²) in [5, 5.41) is 7.58. The Kier molecular flexibility index (Phi) is 12.0. The quantitative estimate of drug-likeness (QED) is 0.171. The zero-order valence-corrected chi connectivity index (χ0v) is 24.9. The fourth-order valence-electron chi connectivity index (χ4n) is 4.10. The van der Waals surface area contributed by atoms with Crippen molar-refractivity contribution in [2.24, 2.45) is 5.73 Å². The van der Waals surface area contributed by atoms with Gasteiger partial charge in [-0.15, -0.1) is 0 Å². The molecule has 1 aromatic heterocycles. The van der Waals surface area contributed by atoms with Crippen LogP contribution in [0.4, 0.5) is 4.79 Å². The van der Waals surface area contributed by atoms with Gasteiger partial charge in [0.2, 0.25) is 17.7 Å². The molecule has 2 aromatic carbocycles. The summed E-state index contributed by atoms with van der Waals surface area (Å²) in [5.74, 6) is -3.20. The summed E-state index contributed by atoms with van der Waals surface area (Å²) in [6.45, 7) is 5.05. The maximum absolute atomic E-state index is 13.4. The number of benzene rings is 2. The number of primary amides is 1. The van der Waals surface area contributed by atoms with E-state index in [0.717, 1.165) is 11.1 Å². The topological polar surface area (TPSA) is 195 Å². The van der Waals surface area contributed by atoms with Crippen LogP contribution in [0, 0.1) is 0 Å². The molecule has 0 aliphatic heterocycles. The van der Waals surface area contributed by atoms with E-state index >= 15 is 0 Å². The molecule has 1 heterocycles. The molecule has 0 aliphatic rings. The highest BCUT2D eigenvalue weighted by Crippen LogP contribution is 2.12. The van der Waals surface area contributed by atoms with Crippen LogP contribution < -0.4 is 21.7 Å². The number of nitrogens with two attached hydrogens (primary N) is 1. The molecule has 3 rings (SSSR count). The Morgan fingerprint density at radius 3 is 1.98 bits per heavy atom. The highest BCUT2D eigenvalue weighted by molar-refractivity contribution is 5.95. The number of carbonyl (C=O) groups excluding carboxylic acids is 5. The second-order valence-corrected chi connectivity index (χ2v) is 11.1. The fourth-order valence-corrected chi connectivity index (χ4v) is 4.10. The number of nitrogens with one attached hydrogen (secondary N) is 4. The molecule has 0 fully saturated rings. The van der Waals surface area contributed by atoms with E-state index in [4.69, 9.17) is 15.2 Å². The van der Waals surface area contributed by atoms with Gasteiger partial charge in [-0.05, 0) is 31.9 Å². The van der Waals surface area contributed by atoms with Crippen LogP contribution in [-0.2, 0) is 48.1 Å². The molecule has 0 saturated heterocycles. The predicted molar refractivity (Wildman–Crippen MR) is 160 cm³/mol. The molecule has 0 spiro atoms. The Labute approximate surface area is 255 Å². The number of alkyl carbamates (subject to hydrolysis) is 1. The minimum Gasteiger partial charge on any atom is -0.458 e. The fraction of sp³-hybridized carbons (Fsp3) is 0.355. The van der Waals surface area contributed by atoms with Crippen LogP contribution in [0.2, 0.25) is 0 Å². The van der Waals surface area contributed by atoms with Crippen LogP contribution in [0.25, 0.3) is 0 Å². The first-order valence-electron chi connectivity index (χ1n) is 14.0. The predicted octanol–water partition coefficient (Wildman–Crippen LogP) is 1.68. The first kappa shape index (κ1) is 33.3. The number of aromatic nitrogens is 2. The van der Waals surface area contributed by atoms with Gasteiger partial charge in [0.25, 0.3) is 0 Å². The maximum atomic E-state index is 13.4. The summed E-state index contributed by atoms with van der Waals surface area (Å²) >= 11 is 0. The van der Waals surface area contributed by atoms with E-state index in [1.807, 2.05) is 12.1 Å². The lowest BCUT2D eigenvalue weighted by molar-refractivity contribution is -0.158. The Morgan fingerprint density at radius 2 is 1.41 bits per heavy atom. The molecule has 0 radical (unpaired) electrons. The molecule has 234 valence electrons. The van der Waals surface area contributed by atoms with Gasteiger partial charge < -0.3 is 36.1 Å². The Hall–Kier alpha value is -5.20. The number of aromatic amines is 1. The highest BCUT2D eigenvalue weighted by atomic mass is 16.6. The molecule has 6 N–H and O–H groups in total. The van der Waals surface area contributed by atoms with Crippen LogP contribution >= 0.6 is 0 Å². The average molecular weight is 607 g/mol. The van der Waals surface area contributed by atoms with E-state index < -0.39 is 59.9 Å². The van der Waals surface area contributed by atoms with Crippen molar-refractivity contribution in [1.29, 1.82) is 0 Å². The van der Waals surface area contributed by atoms with E-state index in [9.17, 15) is 24.0 Å². The number of rotatable bonds is 14. The van der Waals surface area contributed by atoms with Gasteiger partial charge >= 0.3 is 12.1 Å². The Bertz CT molecular complexity index is 1390. The highest BCUT2D eigenvalue weighted by Gasteiger charge is 2.33. The van der Waals surface area contributed by atoms with Gasteiger partial charge in [0, 0.05) is 24.7 Å². The first-order valence-corrected chi connectivity index (χ1v) is 14.0. The molecule has 0 unspecified atom stereocenters. The lowest BCUT2D eigenvalue weighted by Crippen LogP contribution is -2.57. The van der Waals surface area contributed by atoms with E-state index in [1.54, 1.807) is 69.3 Å². The summed E-state index contributed by atoms with van der Waals surface area (Å²) in [6.07, 6.45) is 1.49. The smallest absolute Gasteiger partial charge is 0.408 e. The van der Waals surface area contributed by atoms with Crippen molar-refractivity contribution in [2.75, 3.05) is 0 Å². The van der Waals surface area contributed by atoms with E-state index in [2.05, 4.69) is 25.9 Å². The largest absolute Gasteiger partial charge is 0.458 e. The molecular weight excluding hydrogens is 568 g/mol. The standard InChI is InChI=1S/C31H38N6O7/c1-31(2,3)44-29(41)25(14-20-10-6-4-7-11-20)36-28(40)24(16-26(32)38)35-27(39)23(15-22-17-33-19-34-22)37-30(42)43-18-21-12-8-5-9-13-21/h4-13,17,19,23-25H,14-16,18H2,1-3H3,(H2,32,38)(H,33,34)(H,35,39)(H,36,40)(H,37,42)/t23-,24+,25-/m0/s1. The minimum absolute atomic E-state index is 0.0360. The van der Waals surface area contributed by atoms with Crippen LogP contribution in [0.1, 0.15) is 44.0 Å². The zero-order chi connectivity index (χ0) is 32.1. The number of amides is 4. The SMILES string of the molecule is CC(C)(C)OC(=O)[C@H](Cc1ccccc1)NC(=O)[C@@H](CC(N)=O)NC(=O)[C@H](Cc1cnc[nH]1)NC(=O)OCc1ccccc1. The molecule has 4 amide bonds. The maximum Gasteiger partial charge on any atom is 0.408 e. The van der Waals surface area contributed by atoms with Gasteiger partial charge in [-0.1, -0.05) is 60.7 Å². The van der Waals surface area contributed by atoms with E-state index in [1.165, 1.54) is 12.5 Å². The van der Waals surface area contributed by atoms with Gasteiger partial charge in [-0.2, -0.15) is 0 Å². The van der Waals surface area contributed by atoms with Crippen LogP contribution in [0.3, 0.4) is 0 Å². The van der Waals surface area contributed by atoms with Crippen molar-refractivity contribution in [2.45, 2.75) is 70.4 Å². The van der Waals surface area contributed by atoms with Crippen LogP contribution in [-0.4, -0.2) is 63.5 Å². The summed E-state index contributed by atoms with van der Waals surface area (Å²) in [7, 11) is 0. The third-order valence-electron chi connectivity index (χ3n) is 6.13. The molecule has 13 heteroatoms. The molecule has 44 heavy (non-hydrogen) atoms. The van der Waals surface area contributed by atoms with Crippen molar-refractivity contribution < 1.29 is 33.4 Å². The lowest BCUT2D eigenvalue weighted by atomic mass is 10.0. The van der Waals surface area contributed by atoms with Crippen LogP contribution in [0.15, 0.2) is 73.2 Å². The monoisotopic (exact) mass is 606 g/mol. The summed E-state index contributed by atoms with van der Waals surface area (Å²) in [4.78, 5) is 71.2. The molecule has 0 aliphatic carbocycles. The molecule has 3 atom stereocenters. The Balaban J connectivity index is 1.76. The summed E-state index contributed by atoms with van der Waals surface area (Å²) in [6, 6.07) is 14.1. The second kappa shape index (κ2) is 15.9. The minimum atomic E-state index is -1.47. The van der Waals surface area contributed by atoms with Crippen molar-refractivity contribution in [3.63, 3.8) is 0 Å². The molecule has 0 bridgehead atoms. The number of nitrogens with zero attached hydrogens (tertiary/aromatic N) is 1. The average Bonchev–Trinajstić information content (AvgIpc) is 3.48. The number of ether oxygens (including phenoxy) is 2. The number of hydrogen-bond acceptors (Lipinski definition) is 8. The number of hydrogen-bond donors (Lipinski definition) is 5. The van der Waals surface area contributed by atoms with Gasteiger partial charge in [0.1, 0.15) is 30.3 Å². The third-order valence-corrected chi connectivity index (χ3v) is 6.13. The number of esters is 1. The summed E-state index contributed by atoms with van der Waals surface area (Å²) < 4.78 is 10.8. The lowest BCUT2D eigenvalue weighted by Gasteiger charge is -2.27. The Morgan fingerprint density at radius 1 is 0.818 bits per heavy atom. The molecule has 3 aromatic rings. The molecular formula is C31H38N6O7. The van der Waals surface area contributed by atoms with Gasteiger partial charge in [-0.25, -0.2) is 14.6 Å². The van der Waals surface area contributed by atoms with E-state index in [-0.39, 0.29) is 19.4 Å². The third kappa shape index (κ3) is 11.6. The summed E-state index contributed by atoms with van der Waals surface area (Å²) in [5.41, 5.74) is 6.57. The molecule has 13 nitrogen and oxygen atoms in total. The van der Waals surface area contributed by atoms with Crippen molar-refractivity contribution in [3.8, 4) is 0 Å². The second-order valence-electron chi connectivity index (χ2n) is 11.1. The number of H-pyrrole nitrogens is 1. The first-order chi connectivity index (χ1) is 20.9.